The van der Waals surface area contributed by atoms with E-state index >= 15 is 0 Å². The van der Waals surface area contributed by atoms with Crippen molar-refractivity contribution in [2.75, 3.05) is 6.61 Å². The van der Waals surface area contributed by atoms with Crippen molar-refractivity contribution >= 4 is 23.2 Å². The van der Waals surface area contributed by atoms with Gasteiger partial charge in [-0.3, -0.25) is 0 Å². The van der Waals surface area contributed by atoms with Gasteiger partial charge in [-0.2, -0.15) is 4.98 Å². The van der Waals surface area contributed by atoms with Gasteiger partial charge in [-0.15, -0.1) is 10.2 Å². The molecule has 23 heavy (non-hydrogen) atoms. The molecule has 2 aromatic carbocycles. The van der Waals surface area contributed by atoms with Crippen LogP contribution in [0.2, 0.25) is 10.0 Å². The second kappa shape index (κ2) is 6.94. The van der Waals surface area contributed by atoms with Crippen LogP contribution in [0.15, 0.2) is 48.5 Å². The summed E-state index contributed by atoms with van der Waals surface area (Å²) < 4.78 is 5.63. The minimum absolute atomic E-state index is 0.398. The lowest BCUT2D eigenvalue weighted by Gasteiger charge is -2.10. The minimum Gasteiger partial charge on any atom is -0.476 e. The molecule has 0 atom stereocenters. The van der Waals surface area contributed by atoms with Crippen LogP contribution in [-0.2, 0) is 0 Å². The number of nitrogens with zero attached hydrogens (tertiary/aromatic N) is 3. The first-order chi connectivity index (χ1) is 11.2. The number of ether oxygens (including phenoxy) is 1. The molecule has 4 nitrogen and oxygen atoms in total. The van der Waals surface area contributed by atoms with Crippen molar-refractivity contribution in [2.45, 2.75) is 6.92 Å². The standard InChI is InChI=1S/C17H13Cl2N3O/c1-2-23-17-15(11-6-4-3-5-7-11)21-22-16(20-17)13-9-8-12(18)10-14(13)19/h3-10H,2H2,1H3. The molecule has 0 aliphatic heterocycles. The van der Waals surface area contributed by atoms with Crippen LogP contribution in [0.3, 0.4) is 0 Å². The van der Waals surface area contributed by atoms with Crippen molar-refractivity contribution in [3.8, 4) is 28.5 Å². The van der Waals surface area contributed by atoms with Crippen LogP contribution in [0, 0.1) is 0 Å². The predicted molar refractivity (Wildman–Crippen MR) is 91.9 cm³/mol. The van der Waals surface area contributed by atoms with Crippen molar-refractivity contribution in [1.29, 1.82) is 0 Å². The SMILES string of the molecule is CCOc1nc(-c2ccc(Cl)cc2Cl)nnc1-c1ccccc1. The number of hydrogen-bond donors (Lipinski definition) is 0. The number of hydrogen-bond acceptors (Lipinski definition) is 4. The molecule has 0 spiro atoms. The zero-order valence-electron chi connectivity index (χ0n) is 12.3. The quantitative estimate of drug-likeness (QED) is 0.673. The maximum atomic E-state index is 6.22. The summed E-state index contributed by atoms with van der Waals surface area (Å²) in [5.74, 6) is 0.824. The Labute approximate surface area is 144 Å². The van der Waals surface area contributed by atoms with Gasteiger partial charge < -0.3 is 4.74 Å². The van der Waals surface area contributed by atoms with Gasteiger partial charge in [-0.05, 0) is 25.1 Å². The first kappa shape index (κ1) is 15.7. The normalized spacial score (nSPS) is 10.6. The fraction of sp³-hybridized carbons (Fsp3) is 0.118. The molecule has 0 saturated carbocycles. The summed E-state index contributed by atoms with van der Waals surface area (Å²) in [4.78, 5) is 4.48. The maximum Gasteiger partial charge on any atom is 0.244 e. The van der Waals surface area contributed by atoms with E-state index in [1.165, 1.54) is 0 Å². The van der Waals surface area contributed by atoms with Crippen LogP contribution in [-0.4, -0.2) is 21.8 Å². The molecule has 3 rings (SSSR count). The van der Waals surface area contributed by atoms with Crippen molar-refractivity contribution in [3.05, 3.63) is 58.6 Å². The molecule has 0 saturated heterocycles. The number of halogens is 2. The van der Waals surface area contributed by atoms with Gasteiger partial charge in [0.25, 0.3) is 0 Å². The highest BCUT2D eigenvalue weighted by atomic mass is 35.5. The highest BCUT2D eigenvalue weighted by Gasteiger charge is 2.15. The van der Waals surface area contributed by atoms with Crippen molar-refractivity contribution in [2.24, 2.45) is 0 Å². The molecule has 0 fully saturated rings. The molecule has 6 heteroatoms. The molecule has 1 aromatic heterocycles. The average Bonchev–Trinajstić information content (AvgIpc) is 2.56. The molecule has 3 aromatic rings. The van der Waals surface area contributed by atoms with Gasteiger partial charge in [0, 0.05) is 16.1 Å². The van der Waals surface area contributed by atoms with E-state index in [0.29, 0.717) is 39.6 Å². The minimum atomic E-state index is 0.398. The van der Waals surface area contributed by atoms with Gasteiger partial charge in [0.05, 0.1) is 11.6 Å². The molecule has 0 aliphatic carbocycles. The third kappa shape index (κ3) is 3.44. The zero-order chi connectivity index (χ0) is 16.2. The zero-order valence-corrected chi connectivity index (χ0v) is 13.8. The summed E-state index contributed by atoms with van der Waals surface area (Å²) in [5.41, 5.74) is 2.15. The third-order valence-electron chi connectivity index (χ3n) is 3.16. The molecule has 0 bridgehead atoms. The molecular weight excluding hydrogens is 333 g/mol. The Hall–Kier alpha value is -2.17. The van der Waals surface area contributed by atoms with E-state index in [4.69, 9.17) is 27.9 Å². The highest BCUT2D eigenvalue weighted by molar-refractivity contribution is 6.36. The molecule has 0 aliphatic rings. The third-order valence-corrected chi connectivity index (χ3v) is 3.70. The van der Waals surface area contributed by atoms with Gasteiger partial charge in [0.2, 0.25) is 5.88 Å². The lowest BCUT2D eigenvalue weighted by molar-refractivity contribution is 0.326. The van der Waals surface area contributed by atoms with Gasteiger partial charge in [0.1, 0.15) is 0 Å². The number of benzene rings is 2. The first-order valence-corrected chi connectivity index (χ1v) is 7.83. The van der Waals surface area contributed by atoms with E-state index in [-0.39, 0.29) is 0 Å². The highest BCUT2D eigenvalue weighted by Crippen LogP contribution is 2.31. The van der Waals surface area contributed by atoms with Crippen LogP contribution in [0.1, 0.15) is 6.92 Å². The first-order valence-electron chi connectivity index (χ1n) is 7.07. The van der Waals surface area contributed by atoms with E-state index < -0.39 is 0 Å². The largest absolute Gasteiger partial charge is 0.476 e. The number of aromatic nitrogens is 3. The van der Waals surface area contributed by atoms with E-state index in [2.05, 4.69) is 15.2 Å². The summed E-state index contributed by atoms with van der Waals surface area (Å²) in [6.07, 6.45) is 0. The summed E-state index contributed by atoms with van der Waals surface area (Å²) in [5, 5.41) is 9.49. The predicted octanol–water partition coefficient (Wildman–Crippen LogP) is 4.91. The maximum absolute atomic E-state index is 6.22. The average molecular weight is 346 g/mol. The lowest BCUT2D eigenvalue weighted by atomic mass is 10.1. The van der Waals surface area contributed by atoms with Crippen molar-refractivity contribution in [3.63, 3.8) is 0 Å². The molecule has 0 N–H and O–H groups in total. The van der Waals surface area contributed by atoms with Crippen LogP contribution < -0.4 is 4.74 Å². The van der Waals surface area contributed by atoms with E-state index in [1.807, 2.05) is 37.3 Å². The molecule has 116 valence electrons. The Kier molecular flexibility index (Phi) is 4.74. The van der Waals surface area contributed by atoms with Gasteiger partial charge in [-0.1, -0.05) is 53.5 Å². The van der Waals surface area contributed by atoms with Crippen molar-refractivity contribution in [1.82, 2.24) is 15.2 Å². The van der Waals surface area contributed by atoms with E-state index in [9.17, 15) is 0 Å². The Bertz CT molecular complexity index is 825. The topological polar surface area (TPSA) is 47.9 Å². The Morgan fingerprint density at radius 3 is 2.48 bits per heavy atom. The van der Waals surface area contributed by atoms with Gasteiger partial charge in [-0.25, -0.2) is 0 Å². The fourth-order valence-electron chi connectivity index (χ4n) is 2.11. The van der Waals surface area contributed by atoms with Crippen LogP contribution >= 0.6 is 23.2 Å². The summed E-state index contributed by atoms with van der Waals surface area (Å²) in [6.45, 7) is 2.37. The Morgan fingerprint density at radius 2 is 1.78 bits per heavy atom. The molecule has 0 unspecified atom stereocenters. The summed E-state index contributed by atoms with van der Waals surface area (Å²) in [6, 6.07) is 14.8. The molecule has 0 radical (unpaired) electrons. The Balaban J connectivity index is 2.09. The summed E-state index contributed by atoms with van der Waals surface area (Å²) in [7, 11) is 0. The van der Waals surface area contributed by atoms with Crippen molar-refractivity contribution < 1.29 is 4.74 Å². The smallest absolute Gasteiger partial charge is 0.244 e. The molecular formula is C17H13Cl2N3O. The van der Waals surface area contributed by atoms with Crippen LogP contribution in [0.4, 0.5) is 0 Å². The Morgan fingerprint density at radius 1 is 1.00 bits per heavy atom. The van der Waals surface area contributed by atoms with Gasteiger partial charge in [0.15, 0.2) is 11.5 Å². The van der Waals surface area contributed by atoms with Crippen LogP contribution in [0.25, 0.3) is 22.6 Å². The van der Waals surface area contributed by atoms with E-state index in [0.717, 1.165) is 5.56 Å². The lowest BCUT2D eigenvalue weighted by Crippen LogP contribution is -2.03. The molecule has 0 amide bonds. The molecule has 1 heterocycles. The number of rotatable bonds is 4. The van der Waals surface area contributed by atoms with Gasteiger partial charge >= 0.3 is 0 Å². The van der Waals surface area contributed by atoms with Crippen LogP contribution in [0.5, 0.6) is 5.88 Å². The second-order valence-corrected chi connectivity index (χ2v) is 5.56. The van der Waals surface area contributed by atoms with E-state index in [1.54, 1.807) is 18.2 Å². The summed E-state index contributed by atoms with van der Waals surface area (Å²) >= 11 is 12.1. The second-order valence-electron chi connectivity index (χ2n) is 4.71. The fourth-order valence-corrected chi connectivity index (χ4v) is 2.60. The monoisotopic (exact) mass is 345 g/mol.